The van der Waals surface area contributed by atoms with Crippen molar-refractivity contribution in [3.05, 3.63) is 47.4 Å². The lowest BCUT2D eigenvalue weighted by molar-refractivity contribution is -0.143. The lowest BCUT2D eigenvalue weighted by atomic mass is 9.70. The molecular formula is C24H34FN3O3. The van der Waals surface area contributed by atoms with Gasteiger partial charge in [-0.05, 0) is 43.9 Å². The van der Waals surface area contributed by atoms with Gasteiger partial charge in [0.25, 0.3) is 5.91 Å². The van der Waals surface area contributed by atoms with Gasteiger partial charge in [-0.3, -0.25) is 10.2 Å². The van der Waals surface area contributed by atoms with Crippen molar-refractivity contribution in [2.24, 2.45) is 11.3 Å². The highest BCUT2D eigenvalue weighted by Crippen LogP contribution is 2.42. The third-order valence-electron chi connectivity index (χ3n) is 6.11. The van der Waals surface area contributed by atoms with Gasteiger partial charge in [0.05, 0.1) is 17.7 Å². The van der Waals surface area contributed by atoms with Crippen LogP contribution in [-0.2, 0) is 9.53 Å². The normalized spacial score (nSPS) is 25.1. The molecule has 2 N–H and O–H groups in total. The van der Waals surface area contributed by atoms with E-state index in [0.717, 1.165) is 19.3 Å². The fourth-order valence-corrected chi connectivity index (χ4v) is 4.77. The minimum atomic E-state index is -0.467. The molecule has 6 nitrogen and oxygen atoms in total. The Kier molecular flexibility index (Phi) is 7.17. The molecule has 31 heavy (non-hydrogen) atoms. The number of nitrogens with zero attached hydrogens (tertiary/aromatic N) is 1. The third kappa shape index (κ3) is 5.15. The van der Waals surface area contributed by atoms with E-state index in [9.17, 15) is 14.0 Å². The van der Waals surface area contributed by atoms with Crippen molar-refractivity contribution >= 4 is 11.9 Å². The molecule has 0 aromatic heterocycles. The van der Waals surface area contributed by atoms with Gasteiger partial charge in [0.2, 0.25) is 0 Å². The van der Waals surface area contributed by atoms with Gasteiger partial charge in [-0.15, -0.1) is 0 Å². The smallest absolute Gasteiger partial charge is 0.337 e. The zero-order chi connectivity index (χ0) is 22.8. The average Bonchev–Trinajstić information content (AvgIpc) is 3.07. The molecule has 0 saturated carbocycles. The number of hydrogen-bond donors (Lipinski definition) is 2. The fourth-order valence-electron chi connectivity index (χ4n) is 4.77. The van der Waals surface area contributed by atoms with Crippen LogP contribution in [0.15, 0.2) is 36.0 Å². The molecule has 0 spiro atoms. The number of fused-ring (bicyclic) bond motifs is 1. The highest BCUT2D eigenvalue weighted by atomic mass is 19.1. The van der Waals surface area contributed by atoms with Gasteiger partial charge in [0.15, 0.2) is 0 Å². The Morgan fingerprint density at radius 3 is 2.68 bits per heavy atom. The van der Waals surface area contributed by atoms with Crippen molar-refractivity contribution in [3.8, 4) is 0 Å². The van der Waals surface area contributed by atoms with Gasteiger partial charge in [0.1, 0.15) is 5.82 Å². The molecule has 1 amide bonds. The predicted octanol–water partition coefficient (Wildman–Crippen LogP) is 3.79. The standard InChI is InChI=1S/C24H34FN3O3/c1-6-7-11-19-20-21(27-26-19)18(23(30)31-15(2)3)13-28(14-24(20,4)5)22(29)16-9-8-10-17(25)12-16/h8-10,12-13,15,19-21,26-27H,6-7,11,14H2,1-5H3. The molecule has 170 valence electrons. The molecule has 3 atom stereocenters. The van der Waals surface area contributed by atoms with Crippen molar-refractivity contribution in [2.75, 3.05) is 6.54 Å². The minimum Gasteiger partial charge on any atom is -0.460 e. The maximum atomic E-state index is 13.8. The number of hydrogen-bond acceptors (Lipinski definition) is 5. The first kappa shape index (κ1) is 23.4. The molecule has 0 bridgehead atoms. The molecule has 0 aliphatic carbocycles. The number of carbonyl (C=O) groups is 2. The number of benzene rings is 1. The predicted molar refractivity (Wildman–Crippen MR) is 117 cm³/mol. The summed E-state index contributed by atoms with van der Waals surface area (Å²) in [5.41, 5.74) is 7.06. The number of ether oxygens (including phenoxy) is 1. The zero-order valence-electron chi connectivity index (χ0n) is 19.1. The van der Waals surface area contributed by atoms with Crippen molar-refractivity contribution in [1.29, 1.82) is 0 Å². The number of rotatable bonds is 6. The van der Waals surface area contributed by atoms with Crippen LogP contribution < -0.4 is 10.9 Å². The molecule has 1 aromatic rings. The van der Waals surface area contributed by atoms with E-state index in [1.165, 1.54) is 18.2 Å². The molecule has 7 heteroatoms. The second kappa shape index (κ2) is 9.49. The van der Waals surface area contributed by atoms with Crippen LogP contribution in [-0.4, -0.2) is 41.5 Å². The maximum absolute atomic E-state index is 13.8. The second-order valence-corrected chi connectivity index (χ2v) is 9.51. The van der Waals surface area contributed by atoms with Crippen LogP contribution in [0.3, 0.4) is 0 Å². The summed E-state index contributed by atoms with van der Waals surface area (Å²) in [5, 5.41) is 0. The molecule has 1 fully saturated rings. The molecule has 1 saturated heterocycles. The van der Waals surface area contributed by atoms with Gasteiger partial charge in [-0.25, -0.2) is 14.6 Å². The molecule has 0 radical (unpaired) electrons. The molecule has 3 unspecified atom stereocenters. The van der Waals surface area contributed by atoms with Gasteiger partial charge in [-0.2, -0.15) is 0 Å². The van der Waals surface area contributed by atoms with Crippen LogP contribution in [0.25, 0.3) is 0 Å². The van der Waals surface area contributed by atoms with Crippen LogP contribution in [0.1, 0.15) is 64.2 Å². The third-order valence-corrected chi connectivity index (χ3v) is 6.11. The Bertz CT molecular complexity index is 852. The summed E-state index contributed by atoms with van der Waals surface area (Å²) in [6.45, 7) is 10.4. The largest absolute Gasteiger partial charge is 0.460 e. The SMILES string of the molecule is CCCCC1NNC2C(C(=O)OC(C)C)=CN(C(=O)c3cccc(F)c3)CC(C)(C)C12. The number of esters is 1. The summed E-state index contributed by atoms with van der Waals surface area (Å²) >= 11 is 0. The van der Waals surface area contributed by atoms with E-state index in [-0.39, 0.29) is 41.0 Å². The van der Waals surface area contributed by atoms with Gasteiger partial charge in [0, 0.05) is 30.3 Å². The van der Waals surface area contributed by atoms with E-state index in [1.807, 2.05) is 0 Å². The van der Waals surface area contributed by atoms with Crippen molar-refractivity contribution in [3.63, 3.8) is 0 Å². The monoisotopic (exact) mass is 431 g/mol. The first-order chi connectivity index (χ1) is 14.6. The van der Waals surface area contributed by atoms with E-state index in [1.54, 1.807) is 31.0 Å². The Morgan fingerprint density at radius 1 is 1.29 bits per heavy atom. The van der Waals surface area contributed by atoms with Crippen LogP contribution in [0.5, 0.6) is 0 Å². The summed E-state index contributed by atoms with van der Waals surface area (Å²) in [4.78, 5) is 27.9. The van der Waals surface area contributed by atoms with Crippen molar-refractivity contribution in [1.82, 2.24) is 15.8 Å². The number of hydrazine groups is 1. The Hall–Kier alpha value is -2.25. The average molecular weight is 432 g/mol. The Morgan fingerprint density at radius 2 is 2.03 bits per heavy atom. The van der Waals surface area contributed by atoms with Crippen LogP contribution in [0.2, 0.25) is 0 Å². The minimum absolute atomic E-state index is 0.0790. The lowest BCUT2D eigenvalue weighted by Gasteiger charge is -2.38. The quantitative estimate of drug-likeness (QED) is 0.671. The Balaban J connectivity index is 2.01. The summed E-state index contributed by atoms with van der Waals surface area (Å²) in [6.07, 6.45) is 4.44. The van der Waals surface area contributed by atoms with E-state index in [4.69, 9.17) is 4.74 Å². The molecule has 2 heterocycles. The van der Waals surface area contributed by atoms with Crippen molar-refractivity contribution in [2.45, 2.75) is 72.1 Å². The van der Waals surface area contributed by atoms with E-state index in [2.05, 4.69) is 31.6 Å². The lowest BCUT2D eigenvalue weighted by Crippen LogP contribution is -2.45. The second-order valence-electron chi connectivity index (χ2n) is 9.51. The van der Waals surface area contributed by atoms with E-state index >= 15 is 0 Å². The van der Waals surface area contributed by atoms with Crippen molar-refractivity contribution < 1.29 is 18.7 Å². The summed E-state index contributed by atoms with van der Waals surface area (Å²) in [6, 6.07) is 5.53. The van der Waals surface area contributed by atoms with E-state index < -0.39 is 11.8 Å². The van der Waals surface area contributed by atoms with Gasteiger partial charge in [-0.1, -0.05) is 39.7 Å². The molecule has 2 aliphatic rings. The first-order valence-electron chi connectivity index (χ1n) is 11.1. The maximum Gasteiger partial charge on any atom is 0.337 e. The summed E-state index contributed by atoms with van der Waals surface area (Å²) < 4.78 is 19.3. The van der Waals surface area contributed by atoms with Crippen LogP contribution in [0.4, 0.5) is 4.39 Å². The van der Waals surface area contributed by atoms with Crippen LogP contribution >= 0.6 is 0 Å². The first-order valence-corrected chi connectivity index (χ1v) is 11.1. The Labute approximate surface area is 184 Å². The summed E-state index contributed by atoms with van der Waals surface area (Å²) in [5.74, 6) is -1.16. The molecule has 3 rings (SSSR count). The van der Waals surface area contributed by atoms with Crippen LogP contribution in [0, 0.1) is 17.2 Å². The number of unbranched alkanes of at least 4 members (excludes halogenated alkanes) is 1. The highest BCUT2D eigenvalue weighted by molar-refractivity contribution is 5.97. The van der Waals surface area contributed by atoms with Gasteiger partial charge >= 0.3 is 5.97 Å². The molecule has 1 aromatic carbocycles. The highest BCUT2D eigenvalue weighted by Gasteiger charge is 2.50. The van der Waals surface area contributed by atoms with Gasteiger partial charge < -0.3 is 9.64 Å². The molecular weight excluding hydrogens is 397 g/mol. The number of amides is 1. The molecule has 2 aliphatic heterocycles. The number of halogens is 1. The summed E-state index contributed by atoms with van der Waals surface area (Å²) in [7, 11) is 0. The number of carbonyl (C=O) groups excluding carboxylic acids is 2. The number of nitrogens with one attached hydrogen (secondary N) is 2. The topological polar surface area (TPSA) is 70.7 Å². The fraction of sp³-hybridized carbons (Fsp3) is 0.583. The zero-order valence-corrected chi connectivity index (χ0v) is 19.1. The van der Waals surface area contributed by atoms with E-state index in [0.29, 0.717) is 12.1 Å².